The Bertz CT molecular complexity index is 361. The number of allylic oxidation sites excluding steroid dienone is 12. The Balaban J connectivity index is 2.23. The fourth-order valence-corrected chi connectivity index (χ4v) is 4.51. The summed E-state index contributed by atoms with van der Waals surface area (Å²) in [6.07, 6.45) is 19.9. The molecular weight excluding hydrogens is 175 g/mol. The van der Waals surface area contributed by atoms with Gasteiger partial charge in [-0.05, 0) is 36.5 Å². The minimum atomic E-state index is -0.547. The topological polar surface area (TPSA) is 0 Å². The third-order valence-electron chi connectivity index (χ3n) is 2.52. The Labute approximate surface area is 79.1 Å². The van der Waals surface area contributed by atoms with E-state index in [0.717, 1.165) is 0 Å². The molecule has 0 aliphatic carbocycles. The van der Waals surface area contributed by atoms with Crippen LogP contribution in [-0.4, -0.2) is 0 Å². The molecule has 3 aliphatic heterocycles. The van der Waals surface area contributed by atoms with Crippen LogP contribution in [0.1, 0.15) is 0 Å². The molecule has 3 heterocycles. The molecule has 3 rings (SSSR count). The largest absolute Gasteiger partial charge is 0.102 e. The maximum atomic E-state index is 2.24. The molecule has 0 radical (unpaired) electrons. The first-order chi connectivity index (χ1) is 6.45. The van der Waals surface area contributed by atoms with Crippen molar-refractivity contribution in [2.45, 2.75) is 0 Å². The average Bonchev–Trinajstić information content (AvgIpc) is 2.19. The molecule has 3 aliphatic rings. The summed E-state index contributed by atoms with van der Waals surface area (Å²) < 4.78 is 0. The molecule has 0 bridgehead atoms. The van der Waals surface area contributed by atoms with E-state index in [1.54, 1.807) is 0 Å². The lowest BCUT2D eigenvalue weighted by atomic mass is 10.3. The van der Waals surface area contributed by atoms with E-state index in [0.29, 0.717) is 0 Å². The van der Waals surface area contributed by atoms with Gasteiger partial charge in [0.1, 0.15) is 15.9 Å². The molecule has 13 heavy (non-hydrogen) atoms. The zero-order chi connectivity index (χ0) is 8.67. The summed E-state index contributed by atoms with van der Waals surface area (Å²) in [4.78, 5) is 0. The Morgan fingerprint density at radius 1 is 0.615 bits per heavy atom. The molecule has 0 amide bonds. The van der Waals surface area contributed by atoms with E-state index in [9.17, 15) is 0 Å². The first-order valence-corrected chi connectivity index (χ1v) is 5.98. The quantitative estimate of drug-likeness (QED) is 0.506. The highest BCUT2D eigenvalue weighted by molar-refractivity contribution is 7.71. The molecule has 0 atom stereocenters. The van der Waals surface area contributed by atoms with Crippen molar-refractivity contribution in [3.63, 3.8) is 0 Å². The van der Waals surface area contributed by atoms with Gasteiger partial charge < -0.3 is 0 Å². The van der Waals surface area contributed by atoms with Crippen LogP contribution in [0.15, 0.2) is 70.6 Å². The summed E-state index contributed by atoms with van der Waals surface area (Å²) >= 11 is 0. The van der Waals surface area contributed by atoms with Crippen molar-refractivity contribution in [3.05, 3.63) is 70.6 Å². The fourth-order valence-electron chi connectivity index (χ4n) is 1.93. The van der Waals surface area contributed by atoms with Crippen LogP contribution in [0.5, 0.6) is 0 Å². The third kappa shape index (κ3) is 1.03. The second kappa shape index (κ2) is 2.68. The molecule has 0 saturated carbocycles. The van der Waals surface area contributed by atoms with E-state index in [4.69, 9.17) is 0 Å². The van der Waals surface area contributed by atoms with E-state index in [2.05, 4.69) is 54.7 Å². The summed E-state index contributed by atoms with van der Waals surface area (Å²) in [5.41, 5.74) is 0. The number of rotatable bonds is 0. The van der Waals surface area contributed by atoms with Gasteiger partial charge in [-0.2, -0.15) is 0 Å². The van der Waals surface area contributed by atoms with E-state index < -0.39 is 7.92 Å². The molecule has 1 heteroatoms. The molecule has 0 aromatic heterocycles. The Morgan fingerprint density at radius 2 is 1.00 bits per heavy atom. The van der Waals surface area contributed by atoms with Crippen molar-refractivity contribution in [1.82, 2.24) is 0 Å². The Kier molecular flexibility index (Phi) is 1.50. The summed E-state index contributed by atoms with van der Waals surface area (Å²) in [6.45, 7) is 0. The summed E-state index contributed by atoms with van der Waals surface area (Å²) in [5.74, 6) is 0. The van der Waals surface area contributed by atoms with Crippen molar-refractivity contribution >= 4 is 7.92 Å². The minimum Gasteiger partial charge on any atom is -0.0544 e. The van der Waals surface area contributed by atoms with Crippen molar-refractivity contribution < 1.29 is 0 Å². The van der Waals surface area contributed by atoms with Crippen LogP contribution in [0, 0.1) is 0 Å². The zero-order valence-corrected chi connectivity index (χ0v) is 8.20. The van der Waals surface area contributed by atoms with Crippen LogP contribution in [-0.2, 0) is 0 Å². The van der Waals surface area contributed by atoms with Gasteiger partial charge in [-0.3, -0.25) is 0 Å². The van der Waals surface area contributed by atoms with Gasteiger partial charge in [0, 0.05) is 0 Å². The molecule has 0 fully saturated rings. The van der Waals surface area contributed by atoms with E-state index in [1.807, 2.05) is 0 Å². The van der Waals surface area contributed by atoms with E-state index in [-0.39, 0.29) is 0 Å². The van der Waals surface area contributed by atoms with Crippen LogP contribution in [0.2, 0.25) is 0 Å². The smallest absolute Gasteiger partial charge is 0.0544 e. The lowest BCUT2D eigenvalue weighted by Gasteiger charge is -2.19. The third-order valence-corrected chi connectivity index (χ3v) is 5.25. The van der Waals surface area contributed by atoms with Gasteiger partial charge in [-0.15, -0.1) is 0 Å². The molecular formula is C12H10P+. The Hall–Kier alpha value is -1.13. The van der Waals surface area contributed by atoms with Gasteiger partial charge >= 0.3 is 0 Å². The van der Waals surface area contributed by atoms with Crippen molar-refractivity contribution in [1.29, 1.82) is 0 Å². The number of hydrogen-bond donors (Lipinski definition) is 0. The highest BCUT2D eigenvalue weighted by Gasteiger charge is 2.32. The lowest BCUT2D eigenvalue weighted by Crippen LogP contribution is -1.95. The van der Waals surface area contributed by atoms with Crippen molar-refractivity contribution in [3.8, 4) is 0 Å². The van der Waals surface area contributed by atoms with Crippen molar-refractivity contribution in [2.75, 3.05) is 0 Å². The van der Waals surface area contributed by atoms with E-state index >= 15 is 0 Å². The van der Waals surface area contributed by atoms with Gasteiger partial charge in [-0.1, -0.05) is 18.2 Å². The standard InChI is InChI=1S/C12H9P/c1-4-10-6-2-8-12-9-3-7-11(5-1)13(10)12/h1-9H/p+1. The van der Waals surface area contributed by atoms with Gasteiger partial charge in [0.25, 0.3) is 0 Å². The van der Waals surface area contributed by atoms with Crippen molar-refractivity contribution in [2.24, 2.45) is 0 Å². The van der Waals surface area contributed by atoms with Gasteiger partial charge in [-0.25, -0.2) is 0 Å². The van der Waals surface area contributed by atoms with Crippen LogP contribution in [0.25, 0.3) is 0 Å². The molecule has 62 valence electrons. The maximum absolute atomic E-state index is 2.24. The average molecular weight is 185 g/mol. The molecule has 0 aromatic carbocycles. The summed E-state index contributed by atoms with van der Waals surface area (Å²) in [6, 6.07) is 0. The molecule has 0 unspecified atom stereocenters. The first kappa shape index (κ1) is 7.29. The monoisotopic (exact) mass is 185 g/mol. The number of hydrogen-bond acceptors (Lipinski definition) is 0. The van der Waals surface area contributed by atoms with Crippen LogP contribution < -0.4 is 0 Å². The Morgan fingerprint density at radius 3 is 1.38 bits per heavy atom. The SMILES string of the molecule is C1=CC2=CC=CC3=CC=CC(=C1)[PH+]23. The van der Waals surface area contributed by atoms with Gasteiger partial charge in [0.15, 0.2) is 0 Å². The van der Waals surface area contributed by atoms with Gasteiger partial charge in [0.2, 0.25) is 0 Å². The van der Waals surface area contributed by atoms with Crippen LogP contribution in [0.4, 0.5) is 0 Å². The fraction of sp³-hybridized carbons (Fsp3) is 0. The molecule has 0 nitrogen and oxygen atoms in total. The summed E-state index contributed by atoms with van der Waals surface area (Å²) in [5, 5.41) is 4.54. The second-order valence-corrected chi connectivity index (χ2v) is 5.80. The van der Waals surface area contributed by atoms with Gasteiger partial charge in [0.05, 0.1) is 7.92 Å². The normalized spacial score (nSPS) is 23.5. The molecule has 0 aromatic rings. The molecule has 0 N–H and O–H groups in total. The first-order valence-electron chi connectivity index (χ1n) is 4.48. The maximum Gasteiger partial charge on any atom is 0.102 e. The predicted octanol–water partition coefficient (Wildman–Crippen LogP) is 3.56. The van der Waals surface area contributed by atoms with Crippen LogP contribution in [0.3, 0.4) is 0 Å². The highest BCUT2D eigenvalue weighted by atomic mass is 31.1. The predicted molar refractivity (Wildman–Crippen MR) is 60.0 cm³/mol. The summed E-state index contributed by atoms with van der Waals surface area (Å²) in [7, 11) is -0.547. The van der Waals surface area contributed by atoms with E-state index in [1.165, 1.54) is 15.9 Å². The molecule has 0 spiro atoms. The second-order valence-electron chi connectivity index (χ2n) is 3.32. The highest BCUT2D eigenvalue weighted by Crippen LogP contribution is 2.64. The minimum absolute atomic E-state index is 0.547. The zero-order valence-electron chi connectivity index (χ0n) is 7.20. The molecule has 0 saturated heterocycles. The lowest BCUT2D eigenvalue weighted by molar-refractivity contribution is 1.63. The van der Waals surface area contributed by atoms with Crippen LogP contribution >= 0.6 is 7.92 Å².